The second-order valence-electron chi connectivity index (χ2n) is 5.23. The van der Waals surface area contributed by atoms with Gasteiger partial charge in [0.1, 0.15) is 6.04 Å². The SMILES string of the molecule is CN(C)c1ccc(C(=O)N2CCCC2C(N)=O)cc1N. The van der Waals surface area contributed by atoms with Gasteiger partial charge in [0.2, 0.25) is 5.91 Å². The molecule has 1 fully saturated rings. The smallest absolute Gasteiger partial charge is 0.254 e. The molecule has 1 aromatic rings. The highest BCUT2D eigenvalue weighted by Crippen LogP contribution is 2.25. The van der Waals surface area contributed by atoms with E-state index in [2.05, 4.69) is 0 Å². The van der Waals surface area contributed by atoms with E-state index in [1.807, 2.05) is 19.0 Å². The van der Waals surface area contributed by atoms with E-state index in [0.29, 0.717) is 24.2 Å². The van der Waals surface area contributed by atoms with Crippen LogP contribution in [0.15, 0.2) is 18.2 Å². The van der Waals surface area contributed by atoms with Crippen LogP contribution in [0.5, 0.6) is 0 Å². The Morgan fingerprint density at radius 1 is 1.35 bits per heavy atom. The number of likely N-dealkylation sites (tertiary alicyclic amines) is 1. The van der Waals surface area contributed by atoms with Gasteiger partial charge in [-0.1, -0.05) is 0 Å². The first-order valence-electron chi connectivity index (χ1n) is 6.59. The minimum atomic E-state index is -0.503. The molecule has 20 heavy (non-hydrogen) atoms. The average molecular weight is 276 g/mol. The molecule has 1 aliphatic rings. The Morgan fingerprint density at radius 2 is 2.05 bits per heavy atom. The van der Waals surface area contributed by atoms with Gasteiger partial charge in [-0.3, -0.25) is 9.59 Å². The lowest BCUT2D eigenvalue weighted by atomic mass is 10.1. The highest BCUT2D eigenvalue weighted by atomic mass is 16.2. The summed E-state index contributed by atoms with van der Waals surface area (Å²) in [5.41, 5.74) is 13.2. The summed E-state index contributed by atoms with van der Waals surface area (Å²) < 4.78 is 0. The molecule has 1 unspecified atom stereocenters. The van der Waals surface area contributed by atoms with E-state index in [1.165, 1.54) is 4.90 Å². The van der Waals surface area contributed by atoms with E-state index in [4.69, 9.17) is 11.5 Å². The van der Waals surface area contributed by atoms with Crippen LogP contribution in [0.25, 0.3) is 0 Å². The minimum Gasteiger partial charge on any atom is -0.397 e. The number of hydrogen-bond acceptors (Lipinski definition) is 4. The molecule has 0 radical (unpaired) electrons. The number of nitrogen functional groups attached to an aromatic ring is 1. The topological polar surface area (TPSA) is 92.7 Å². The molecule has 1 aromatic carbocycles. The van der Waals surface area contributed by atoms with Crippen molar-refractivity contribution in [3.05, 3.63) is 23.8 Å². The van der Waals surface area contributed by atoms with Gasteiger partial charge in [0.15, 0.2) is 0 Å². The van der Waals surface area contributed by atoms with E-state index < -0.39 is 11.9 Å². The van der Waals surface area contributed by atoms with Crippen molar-refractivity contribution < 1.29 is 9.59 Å². The first-order chi connectivity index (χ1) is 9.41. The third kappa shape index (κ3) is 2.54. The summed E-state index contributed by atoms with van der Waals surface area (Å²) in [5, 5.41) is 0. The van der Waals surface area contributed by atoms with E-state index in [0.717, 1.165) is 12.1 Å². The van der Waals surface area contributed by atoms with Crippen molar-refractivity contribution in [2.75, 3.05) is 31.3 Å². The number of nitrogens with zero attached hydrogens (tertiary/aromatic N) is 2. The van der Waals surface area contributed by atoms with E-state index in [1.54, 1.807) is 18.2 Å². The van der Waals surface area contributed by atoms with Crippen molar-refractivity contribution in [3.8, 4) is 0 Å². The van der Waals surface area contributed by atoms with Gasteiger partial charge in [0, 0.05) is 26.2 Å². The molecule has 1 aliphatic heterocycles. The largest absolute Gasteiger partial charge is 0.397 e. The minimum absolute atomic E-state index is 0.191. The quantitative estimate of drug-likeness (QED) is 0.783. The Labute approximate surface area is 118 Å². The van der Waals surface area contributed by atoms with Gasteiger partial charge in [-0.25, -0.2) is 0 Å². The standard InChI is InChI=1S/C14H20N4O2/c1-17(2)11-6-5-9(8-10(11)15)14(20)18-7-3-4-12(18)13(16)19/h5-6,8,12H,3-4,7,15H2,1-2H3,(H2,16,19). The summed E-state index contributed by atoms with van der Waals surface area (Å²) >= 11 is 0. The van der Waals surface area contributed by atoms with Gasteiger partial charge in [0.05, 0.1) is 11.4 Å². The number of benzene rings is 1. The maximum atomic E-state index is 12.4. The molecule has 1 atom stereocenters. The molecule has 6 heteroatoms. The Morgan fingerprint density at radius 3 is 2.60 bits per heavy atom. The summed E-state index contributed by atoms with van der Waals surface area (Å²) in [6.45, 7) is 0.557. The molecule has 1 heterocycles. The van der Waals surface area contributed by atoms with Crippen LogP contribution in [0.4, 0.5) is 11.4 Å². The molecule has 108 valence electrons. The molecule has 0 aliphatic carbocycles. The predicted molar refractivity (Wildman–Crippen MR) is 78.4 cm³/mol. The predicted octanol–water partition coefficient (Wildman–Crippen LogP) is 0.425. The van der Waals surface area contributed by atoms with Crippen LogP contribution in [0.1, 0.15) is 23.2 Å². The molecule has 0 aromatic heterocycles. The molecule has 0 saturated carbocycles. The number of primary amides is 1. The molecule has 1 saturated heterocycles. The molecule has 2 amide bonds. The van der Waals surface area contributed by atoms with E-state index >= 15 is 0 Å². The third-order valence-corrected chi connectivity index (χ3v) is 3.60. The third-order valence-electron chi connectivity index (χ3n) is 3.60. The normalized spacial score (nSPS) is 18.1. The lowest BCUT2D eigenvalue weighted by molar-refractivity contribution is -0.121. The van der Waals surface area contributed by atoms with Gasteiger partial charge in [-0.05, 0) is 31.0 Å². The van der Waals surface area contributed by atoms with Gasteiger partial charge in [-0.2, -0.15) is 0 Å². The summed E-state index contributed by atoms with van der Waals surface area (Å²) in [7, 11) is 3.77. The van der Waals surface area contributed by atoms with Crippen LogP contribution in [-0.2, 0) is 4.79 Å². The summed E-state index contributed by atoms with van der Waals surface area (Å²) in [5.74, 6) is -0.642. The number of carbonyl (C=O) groups excluding carboxylic acids is 2. The number of nitrogens with two attached hydrogens (primary N) is 2. The first kappa shape index (κ1) is 14.2. The van der Waals surface area contributed by atoms with Gasteiger partial charge in [-0.15, -0.1) is 0 Å². The highest BCUT2D eigenvalue weighted by Gasteiger charge is 2.33. The monoisotopic (exact) mass is 276 g/mol. The average Bonchev–Trinajstić information content (AvgIpc) is 2.86. The van der Waals surface area contributed by atoms with Gasteiger partial charge in [0.25, 0.3) is 5.91 Å². The number of hydrogen-bond donors (Lipinski definition) is 2. The van der Waals surface area contributed by atoms with Crippen LogP contribution in [0, 0.1) is 0 Å². The molecular weight excluding hydrogens is 256 g/mol. The summed E-state index contributed by atoms with van der Waals surface area (Å²) in [4.78, 5) is 27.2. The highest BCUT2D eigenvalue weighted by molar-refractivity contribution is 5.99. The van der Waals surface area contributed by atoms with Crippen LogP contribution in [0.3, 0.4) is 0 Å². The molecule has 2 rings (SSSR count). The second-order valence-corrected chi connectivity index (χ2v) is 5.23. The maximum Gasteiger partial charge on any atom is 0.254 e. The molecule has 6 nitrogen and oxygen atoms in total. The van der Waals surface area contributed by atoms with Crippen molar-refractivity contribution >= 4 is 23.2 Å². The number of rotatable bonds is 3. The molecular formula is C14H20N4O2. The zero-order valence-electron chi connectivity index (χ0n) is 11.8. The van der Waals surface area contributed by atoms with Crippen LogP contribution in [0.2, 0.25) is 0 Å². The second kappa shape index (κ2) is 5.40. The summed E-state index contributed by atoms with van der Waals surface area (Å²) in [6, 6.07) is 4.67. The Kier molecular flexibility index (Phi) is 3.83. The lowest BCUT2D eigenvalue weighted by Gasteiger charge is -2.23. The van der Waals surface area contributed by atoms with Crippen molar-refractivity contribution in [2.24, 2.45) is 5.73 Å². The summed E-state index contributed by atoms with van der Waals surface area (Å²) in [6.07, 6.45) is 1.43. The number of carbonyl (C=O) groups is 2. The van der Waals surface area contributed by atoms with Crippen LogP contribution in [-0.4, -0.2) is 43.4 Å². The fraction of sp³-hybridized carbons (Fsp3) is 0.429. The zero-order valence-corrected chi connectivity index (χ0v) is 11.8. The van der Waals surface area contributed by atoms with Crippen molar-refractivity contribution in [1.29, 1.82) is 0 Å². The fourth-order valence-corrected chi connectivity index (χ4v) is 2.57. The molecule has 0 spiro atoms. The van der Waals surface area contributed by atoms with Crippen LogP contribution >= 0.6 is 0 Å². The Bertz CT molecular complexity index is 542. The Hall–Kier alpha value is -2.24. The first-order valence-corrected chi connectivity index (χ1v) is 6.59. The van der Waals surface area contributed by atoms with Crippen LogP contribution < -0.4 is 16.4 Å². The van der Waals surface area contributed by atoms with Crippen molar-refractivity contribution in [2.45, 2.75) is 18.9 Å². The fourth-order valence-electron chi connectivity index (χ4n) is 2.57. The molecule has 0 bridgehead atoms. The van der Waals surface area contributed by atoms with E-state index in [-0.39, 0.29) is 5.91 Å². The lowest BCUT2D eigenvalue weighted by Crippen LogP contribution is -2.43. The number of amides is 2. The Balaban J connectivity index is 2.25. The molecule has 4 N–H and O–H groups in total. The number of anilines is 2. The van der Waals surface area contributed by atoms with Crippen molar-refractivity contribution in [3.63, 3.8) is 0 Å². The van der Waals surface area contributed by atoms with E-state index in [9.17, 15) is 9.59 Å². The van der Waals surface area contributed by atoms with Crippen molar-refractivity contribution in [1.82, 2.24) is 4.90 Å². The van der Waals surface area contributed by atoms with Gasteiger partial charge < -0.3 is 21.3 Å². The maximum absolute atomic E-state index is 12.4. The zero-order chi connectivity index (χ0) is 14.9. The van der Waals surface area contributed by atoms with Gasteiger partial charge >= 0.3 is 0 Å².